The van der Waals surface area contributed by atoms with Gasteiger partial charge in [-0.05, 0) is 236 Å². The van der Waals surface area contributed by atoms with Gasteiger partial charge in [-0.2, -0.15) is 17.6 Å². The van der Waals surface area contributed by atoms with E-state index in [0.29, 0.717) is 40.7 Å². The summed E-state index contributed by atoms with van der Waals surface area (Å²) in [6.45, 7) is 27.2. The van der Waals surface area contributed by atoms with Crippen LogP contribution in [0.4, 0.5) is 22.7 Å². The van der Waals surface area contributed by atoms with Gasteiger partial charge in [0.15, 0.2) is 18.0 Å². The number of benzene rings is 5. The molecule has 0 radical (unpaired) electrons. The lowest BCUT2D eigenvalue weighted by Gasteiger charge is -2.31. The molecule has 5 aromatic rings. The Morgan fingerprint density at radius 3 is 1.45 bits per heavy atom. The number of anilines is 2. The second-order valence-electron chi connectivity index (χ2n) is 30.1. The first-order chi connectivity index (χ1) is 47.7. The van der Waals surface area contributed by atoms with Gasteiger partial charge in [-0.3, -0.25) is 4.55 Å². The summed E-state index contributed by atoms with van der Waals surface area (Å²) in [4.78, 5) is 4.68. The molecule has 1 atom stereocenters. The highest BCUT2D eigenvalue weighted by Gasteiger charge is 2.48. The van der Waals surface area contributed by atoms with E-state index >= 15 is 0 Å². The molecular weight excluding hydrogens is 1380 g/mol. The quantitative estimate of drug-likeness (QED) is 0.0339. The van der Waals surface area contributed by atoms with Crippen molar-refractivity contribution in [2.45, 2.75) is 225 Å². The molecule has 6 aliphatic rings. The Morgan fingerprint density at radius 2 is 0.930 bits per heavy atom. The van der Waals surface area contributed by atoms with E-state index in [9.17, 15) is 13.0 Å². The zero-order valence-electron chi connectivity index (χ0n) is 60.7. The maximum Gasteiger partial charge on any atom is 0.295 e. The van der Waals surface area contributed by atoms with Crippen LogP contribution in [0.1, 0.15) is 218 Å². The van der Waals surface area contributed by atoms with Gasteiger partial charge in [0.1, 0.15) is 11.4 Å². The Bertz CT molecular complexity index is 4460. The number of hydrogen-bond acceptors (Lipinski definition) is 4. The third kappa shape index (κ3) is 15.4. The fraction of sp³-hybridized carbons (Fsp3) is 0.442. The third-order valence-electron chi connectivity index (χ3n) is 22.4. The number of fused-ring (bicyclic) bond motifs is 4. The van der Waals surface area contributed by atoms with E-state index in [1.54, 1.807) is 0 Å². The summed E-state index contributed by atoms with van der Waals surface area (Å²) in [6.07, 6.45) is 36.4. The largest absolute Gasteiger partial charge is 0.344 e. The van der Waals surface area contributed by atoms with E-state index in [2.05, 4.69) is 198 Å². The smallest absolute Gasteiger partial charge is 0.295 e. The Labute approximate surface area is 628 Å². The number of hydrogen-bond donors (Lipinski definition) is 1. The highest BCUT2D eigenvalue weighted by atomic mass is 35.5. The molecule has 7 nitrogen and oxygen atoms in total. The highest BCUT2D eigenvalue weighted by molar-refractivity contribution is 7.86. The van der Waals surface area contributed by atoms with Crippen LogP contribution in [0, 0.1) is 0 Å². The Balaban J connectivity index is 0.968. The minimum absolute atomic E-state index is 0.0290. The van der Waals surface area contributed by atoms with Gasteiger partial charge in [0.2, 0.25) is 11.4 Å². The number of aryl methyl sites for hydroxylation is 1. The molecule has 0 aromatic heterocycles. The van der Waals surface area contributed by atoms with Gasteiger partial charge in [-0.25, -0.2) is 0 Å². The fourth-order valence-electron chi connectivity index (χ4n) is 17.1. The molecule has 0 fully saturated rings. The van der Waals surface area contributed by atoms with Gasteiger partial charge in [0, 0.05) is 119 Å². The molecule has 0 saturated carbocycles. The molecule has 4 aliphatic heterocycles. The van der Waals surface area contributed by atoms with Crippen molar-refractivity contribution in [2.24, 2.45) is 0 Å². The van der Waals surface area contributed by atoms with Crippen molar-refractivity contribution in [3.05, 3.63) is 236 Å². The SMILES string of the molecule is CCCCCCCCCCCCc1cc(CC[N+]2=C(/C=C/C3=C(Cl)C(=C/C=C4/N(CC)c5ccc(Cl)cc5C4(C)C)/CCC3)C(C)(C)c3cc(Cl)ccc32)c(S(=O)(=O)O)c(CC2(C)C(=CC=C3CCCC(C=CC4=[N+](CC)c5ccc(Cl)cc5C4(C)C)=C3Cl)N(CC)c3ccc(Cl)cc32)c1. The van der Waals surface area contributed by atoms with Crippen molar-refractivity contribution in [1.82, 2.24) is 0 Å². The first-order valence-electron chi connectivity index (χ1n) is 36.8. The molecule has 11 rings (SSSR count). The van der Waals surface area contributed by atoms with E-state index in [1.807, 2.05) is 30.3 Å². The predicted octanol–water partition coefficient (Wildman–Crippen LogP) is 25.0. The number of likely N-dealkylation sites (N-methyl/N-ethyl adjacent to an activating group) is 2. The van der Waals surface area contributed by atoms with Crippen LogP contribution in [0.25, 0.3) is 0 Å². The Kier molecular flexibility index (Phi) is 23.9. The normalized spacial score (nSPS) is 21.1. The van der Waals surface area contributed by atoms with Crippen LogP contribution in [-0.2, 0) is 51.0 Å². The average molecular weight is 1480 g/mol. The maximum atomic E-state index is 14.7. The maximum absolute atomic E-state index is 14.7. The first kappa shape index (κ1) is 75.8. The van der Waals surface area contributed by atoms with Crippen molar-refractivity contribution in [1.29, 1.82) is 0 Å². The van der Waals surface area contributed by atoms with Gasteiger partial charge in [-0.1, -0.05) is 185 Å². The Morgan fingerprint density at radius 1 is 0.480 bits per heavy atom. The minimum Gasteiger partial charge on any atom is -0.344 e. The molecule has 0 bridgehead atoms. The van der Waals surface area contributed by atoms with E-state index in [1.165, 1.54) is 78.9 Å². The van der Waals surface area contributed by atoms with E-state index in [0.717, 1.165) is 159 Å². The second-order valence-corrected chi connectivity index (χ2v) is 34.0. The number of rotatable bonds is 26. The summed E-state index contributed by atoms with van der Waals surface area (Å²) in [5, 5.41) is 4.22. The fourth-order valence-corrected chi connectivity index (χ4v) is 19.4. The van der Waals surface area contributed by atoms with E-state index < -0.39 is 20.9 Å². The van der Waals surface area contributed by atoms with Crippen molar-refractivity contribution in [2.75, 3.05) is 36.0 Å². The standard InChI is InChI=1S/C86H101Cl6N4O3S/c1-12-16-17-18-19-20-21-22-23-24-27-57-50-62(48-49-96-74-42-38-66(89)54-70(74)85(9,10)78(96)46-34-60-30-25-28-58(80(60)91)32-44-76-83(5,6)68-52-64(87)36-40-72(68)93(76)13-2)82(100(97,98)99)63(51-57)56-86(11)71-55-67(90)39-43-75(71)95(15-4)79(86)47-35-61-31-26-29-59(81(61)92)33-45-77-84(7,8)69-53-65(88)37-41-73(69)94(77)14-3/h32-47,50-55H,12-31,48-49,56H2,1-11H3/q+1/p+1. The molecule has 100 heavy (non-hydrogen) atoms. The van der Waals surface area contributed by atoms with Gasteiger partial charge in [-0.15, -0.1) is 0 Å². The molecule has 0 saturated heterocycles. The van der Waals surface area contributed by atoms with Crippen molar-refractivity contribution in [3.63, 3.8) is 0 Å². The van der Waals surface area contributed by atoms with Crippen molar-refractivity contribution >= 4 is 114 Å². The lowest BCUT2D eigenvalue weighted by atomic mass is 9.75. The second kappa shape index (κ2) is 31.5. The molecule has 0 spiro atoms. The van der Waals surface area contributed by atoms with E-state index in [4.69, 9.17) is 69.6 Å². The summed E-state index contributed by atoms with van der Waals surface area (Å²) in [7, 11) is -4.83. The molecule has 14 heteroatoms. The predicted molar refractivity (Wildman–Crippen MR) is 427 cm³/mol. The van der Waals surface area contributed by atoms with E-state index in [-0.39, 0.29) is 22.1 Å². The van der Waals surface area contributed by atoms with Crippen molar-refractivity contribution in [3.8, 4) is 0 Å². The van der Waals surface area contributed by atoms with Crippen LogP contribution in [0.2, 0.25) is 20.1 Å². The lowest BCUT2D eigenvalue weighted by Crippen LogP contribution is -2.31. The zero-order valence-corrected chi connectivity index (χ0v) is 66.0. The molecule has 5 aromatic carbocycles. The minimum atomic E-state index is -4.83. The highest BCUT2D eigenvalue weighted by Crippen LogP contribution is 2.53. The molecule has 0 amide bonds. The van der Waals surface area contributed by atoms with Crippen molar-refractivity contribution < 1.29 is 22.1 Å². The van der Waals surface area contributed by atoms with Gasteiger partial charge >= 0.3 is 0 Å². The molecule has 530 valence electrons. The van der Waals surface area contributed by atoms with Crippen LogP contribution >= 0.6 is 69.6 Å². The van der Waals surface area contributed by atoms with Crippen LogP contribution < -0.4 is 9.80 Å². The molecule has 1 unspecified atom stereocenters. The van der Waals surface area contributed by atoms with Gasteiger partial charge in [0.05, 0.1) is 10.8 Å². The molecule has 1 N–H and O–H groups in total. The summed E-state index contributed by atoms with van der Waals surface area (Å²) in [6, 6.07) is 28.7. The first-order valence-corrected chi connectivity index (χ1v) is 40.5. The average Bonchev–Trinajstić information content (AvgIpc) is 1.58. The van der Waals surface area contributed by atoms with Gasteiger partial charge < -0.3 is 9.80 Å². The topological polar surface area (TPSA) is 66.9 Å². The van der Waals surface area contributed by atoms with Crippen LogP contribution in [-0.4, -0.2) is 59.7 Å². The molecule has 4 heterocycles. The van der Waals surface area contributed by atoms with Crippen LogP contribution in [0.5, 0.6) is 0 Å². The number of halogens is 6. The van der Waals surface area contributed by atoms with Crippen LogP contribution in [0.15, 0.2) is 182 Å². The Hall–Kier alpha value is -5.39. The molecular formula is C86H102Cl6N4O3S+2. The summed E-state index contributed by atoms with van der Waals surface area (Å²) in [5.74, 6) is 0. The zero-order chi connectivity index (χ0) is 71.6. The third-order valence-corrected chi connectivity index (χ3v) is 25.4. The number of allylic oxidation sites excluding steroid dienone is 16. The molecule has 2 aliphatic carbocycles. The van der Waals surface area contributed by atoms with Crippen LogP contribution in [0.3, 0.4) is 0 Å². The number of unbranched alkanes of at least 4 members (excludes halogenated alkanes) is 9. The number of nitrogens with zero attached hydrogens (tertiary/aromatic N) is 4. The lowest BCUT2D eigenvalue weighted by molar-refractivity contribution is -0.437. The summed E-state index contributed by atoms with van der Waals surface area (Å²) < 4.78 is 45.9. The summed E-state index contributed by atoms with van der Waals surface area (Å²) >= 11 is 42.1. The van der Waals surface area contributed by atoms with Gasteiger partial charge in [0.25, 0.3) is 10.1 Å². The monoisotopic (exact) mass is 1480 g/mol. The summed E-state index contributed by atoms with van der Waals surface area (Å²) in [5.41, 5.74) is 18.0.